The van der Waals surface area contributed by atoms with E-state index in [-0.39, 0.29) is 25.0 Å². The minimum atomic E-state index is -0.273. The van der Waals surface area contributed by atoms with Gasteiger partial charge in [0, 0.05) is 16.2 Å². The number of hydrogen-bond acceptors (Lipinski definition) is 4. The molecule has 0 aliphatic carbocycles. The first-order valence-corrected chi connectivity index (χ1v) is 7.64. The van der Waals surface area contributed by atoms with Crippen LogP contribution in [-0.2, 0) is 9.59 Å². The van der Waals surface area contributed by atoms with Gasteiger partial charge in [-0.15, -0.1) is 0 Å². The Hall–Kier alpha value is -2.54. The van der Waals surface area contributed by atoms with Gasteiger partial charge < -0.3 is 20.1 Å². The second kappa shape index (κ2) is 6.70. The Balaban J connectivity index is 1.57. The second-order valence-electron chi connectivity index (χ2n) is 4.84. The molecule has 2 amide bonds. The van der Waals surface area contributed by atoms with Crippen LogP contribution in [0.2, 0.25) is 0 Å². The van der Waals surface area contributed by atoms with Crippen molar-refractivity contribution in [1.29, 1.82) is 0 Å². The zero-order chi connectivity index (χ0) is 16.2. The number of hydrogen-bond donors (Lipinski definition) is 2. The molecule has 3 rings (SSSR count). The van der Waals surface area contributed by atoms with E-state index in [1.165, 1.54) is 0 Å². The fourth-order valence-corrected chi connectivity index (χ4v) is 2.30. The van der Waals surface area contributed by atoms with Crippen molar-refractivity contribution < 1.29 is 19.1 Å². The van der Waals surface area contributed by atoms with E-state index in [1.54, 1.807) is 30.3 Å². The van der Waals surface area contributed by atoms with Gasteiger partial charge in [0.2, 0.25) is 0 Å². The third kappa shape index (κ3) is 4.01. The zero-order valence-corrected chi connectivity index (χ0v) is 13.6. The van der Waals surface area contributed by atoms with Crippen molar-refractivity contribution in [2.75, 3.05) is 23.8 Å². The van der Waals surface area contributed by atoms with Crippen LogP contribution in [-0.4, -0.2) is 25.0 Å². The van der Waals surface area contributed by atoms with Crippen LogP contribution in [0.4, 0.5) is 11.4 Å². The molecule has 118 valence electrons. The predicted octanol–water partition coefficient (Wildman–Crippen LogP) is 2.80. The molecule has 2 N–H and O–H groups in total. The molecule has 1 heterocycles. The summed E-state index contributed by atoms with van der Waals surface area (Å²) in [4.78, 5) is 23.2. The van der Waals surface area contributed by atoms with Gasteiger partial charge >= 0.3 is 0 Å². The van der Waals surface area contributed by atoms with Crippen molar-refractivity contribution in [3.63, 3.8) is 0 Å². The van der Waals surface area contributed by atoms with E-state index in [9.17, 15) is 9.59 Å². The molecule has 1 aliphatic heterocycles. The van der Waals surface area contributed by atoms with Gasteiger partial charge in [-0.1, -0.05) is 15.9 Å². The molecule has 0 radical (unpaired) electrons. The molecule has 0 spiro atoms. The van der Waals surface area contributed by atoms with E-state index in [4.69, 9.17) is 9.47 Å². The van der Waals surface area contributed by atoms with Gasteiger partial charge in [0.1, 0.15) is 11.5 Å². The maximum atomic E-state index is 11.9. The zero-order valence-electron chi connectivity index (χ0n) is 12.0. The van der Waals surface area contributed by atoms with Crippen LogP contribution < -0.4 is 20.1 Å². The number of ether oxygens (including phenoxy) is 2. The van der Waals surface area contributed by atoms with Gasteiger partial charge in [0.25, 0.3) is 11.8 Å². The van der Waals surface area contributed by atoms with Crippen LogP contribution in [0.1, 0.15) is 0 Å². The molecule has 0 unspecified atom stereocenters. The number of benzene rings is 2. The minimum absolute atomic E-state index is 0.00278. The predicted molar refractivity (Wildman–Crippen MR) is 88.8 cm³/mol. The first-order chi connectivity index (χ1) is 11.1. The molecule has 2 aromatic rings. The summed E-state index contributed by atoms with van der Waals surface area (Å²) in [6.45, 7) is -0.132. The topological polar surface area (TPSA) is 76.7 Å². The largest absolute Gasteiger partial charge is 0.484 e. The summed E-state index contributed by atoms with van der Waals surface area (Å²) in [5.41, 5.74) is 1.22. The average molecular weight is 377 g/mol. The molecule has 6 nitrogen and oxygen atoms in total. The van der Waals surface area contributed by atoms with E-state index in [1.807, 2.05) is 12.1 Å². The van der Waals surface area contributed by atoms with Crippen molar-refractivity contribution >= 4 is 39.1 Å². The van der Waals surface area contributed by atoms with Crippen LogP contribution >= 0.6 is 15.9 Å². The molecular formula is C16H13BrN2O4. The summed E-state index contributed by atoms with van der Waals surface area (Å²) < 4.78 is 11.6. The fourth-order valence-electron chi connectivity index (χ4n) is 2.03. The molecule has 1 aliphatic rings. The number of fused-ring (bicyclic) bond motifs is 1. The SMILES string of the molecule is O=C(COc1ccc2c(c1)NC(=O)CO2)Nc1ccc(Br)cc1. The molecular weight excluding hydrogens is 364 g/mol. The molecule has 2 aromatic carbocycles. The summed E-state index contributed by atoms with van der Waals surface area (Å²) in [5.74, 6) is 0.560. The highest BCUT2D eigenvalue weighted by molar-refractivity contribution is 9.10. The lowest BCUT2D eigenvalue weighted by Crippen LogP contribution is -2.25. The van der Waals surface area contributed by atoms with Crippen molar-refractivity contribution in [2.45, 2.75) is 0 Å². The lowest BCUT2D eigenvalue weighted by molar-refractivity contribution is -0.119. The smallest absolute Gasteiger partial charge is 0.262 e. The second-order valence-corrected chi connectivity index (χ2v) is 5.75. The van der Waals surface area contributed by atoms with Crippen molar-refractivity contribution in [1.82, 2.24) is 0 Å². The van der Waals surface area contributed by atoms with E-state index >= 15 is 0 Å². The van der Waals surface area contributed by atoms with Gasteiger partial charge in [-0.05, 0) is 36.4 Å². The normalized spacial score (nSPS) is 12.7. The van der Waals surface area contributed by atoms with Crippen LogP contribution in [0.15, 0.2) is 46.9 Å². The monoisotopic (exact) mass is 376 g/mol. The van der Waals surface area contributed by atoms with Gasteiger partial charge in [-0.3, -0.25) is 9.59 Å². The van der Waals surface area contributed by atoms with Crippen LogP contribution in [0.3, 0.4) is 0 Å². The van der Waals surface area contributed by atoms with Crippen LogP contribution in [0, 0.1) is 0 Å². The molecule has 0 fully saturated rings. The van der Waals surface area contributed by atoms with Crippen molar-refractivity contribution in [3.8, 4) is 11.5 Å². The van der Waals surface area contributed by atoms with Crippen molar-refractivity contribution in [2.24, 2.45) is 0 Å². The molecule has 7 heteroatoms. The first-order valence-electron chi connectivity index (χ1n) is 6.85. The lowest BCUT2D eigenvalue weighted by Gasteiger charge is -2.18. The molecule has 23 heavy (non-hydrogen) atoms. The standard InChI is InChI=1S/C16H13BrN2O4/c17-10-1-3-11(4-2-10)18-15(20)8-22-12-5-6-14-13(7-12)19-16(21)9-23-14/h1-7H,8-9H2,(H,18,20)(H,19,21). The average Bonchev–Trinajstić information content (AvgIpc) is 2.54. The molecule has 0 saturated carbocycles. The number of anilines is 2. The highest BCUT2D eigenvalue weighted by Crippen LogP contribution is 2.31. The summed E-state index contributed by atoms with van der Waals surface area (Å²) in [6, 6.07) is 12.2. The Labute approximate surface area is 140 Å². The van der Waals surface area contributed by atoms with E-state index in [0.717, 1.165) is 4.47 Å². The maximum Gasteiger partial charge on any atom is 0.262 e. The highest BCUT2D eigenvalue weighted by atomic mass is 79.9. The number of amides is 2. The van der Waals surface area contributed by atoms with Gasteiger partial charge in [-0.25, -0.2) is 0 Å². The van der Waals surface area contributed by atoms with E-state index in [2.05, 4.69) is 26.6 Å². The Kier molecular flexibility index (Phi) is 4.47. The van der Waals surface area contributed by atoms with E-state index in [0.29, 0.717) is 22.9 Å². The van der Waals surface area contributed by atoms with Crippen molar-refractivity contribution in [3.05, 3.63) is 46.9 Å². The number of nitrogens with one attached hydrogen (secondary N) is 2. The van der Waals surface area contributed by atoms with Gasteiger partial charge in [0.15, 0.2) is 13.2 Å². The van der Waals surface area contributed by atoms with E-state index < -0.39 is 0 Å². The number of carbonyl (C=O) groups excluding carboxylic acids is 2. The van der Waals surface area contributed by atoms with Crippen LogP contribution in [0.25, 0.3) is 0 Å². The maximum absolute atomic E-state index is 11.9. The number of rotatable bonds is 4. The summed E-state index contributed by atoms with van der Waals surface area (Å²) in [7, 11) is 0. The Morgan fingerprint density at radius 1 is 1.26 bits per heavy atom. The molecule has 0 saturated heterocycles. The number of halogens is 1. The van der Waals surface area contributed by atoms with Gasteiger partial charge in [0.05, 0.1) is 5.69 Å². The molecule has 0 atom stereocenters. The quantitative estimate of drug-likeness (QED) is 0.859. The van der Waals surface area contributed by atoms with Gasteiger partial charge in [-0.2, -0.15) is 0 Å². The Morgan fingerprint density at radius 2 is 2.04 bits per heavy atom. The summed E-state index contributed by atoms with van der Waals surface area (Å²) in [5, 5.41) is 5.41. The molecule has 0 bridgehead atoms. The summed E-state index contributed by atoms with van der Waals surface area (Å²) in [6.07, 6.45) is 0. The summed E-state index contributed by atoms with van der Waals surface area (Å²) >= 11 is 3.33. The Bertz CT molecular complexity index is 746. The fraction of sp³-hybridized carbons (Fsp3) is 0.125. The third-order valence-electron chi connectivity index (χ3n) is 3.08. The van der Waals surface area contributed by atoms with Crippen LogP contribution in [0.5, 0.6) is 11.5 Å². The third-order valence-corrected chi connectivity index (χ3v) is 3.61. The highest BCUT2D eigenvalue weighted by Gasteiger charge is 2.16. The molecule has 0 aromatic heterocycles. The minimum Gasteiger partial charge on any atom is -0.484 e. The lowest BCUT2D eigenvalue weighted by atomic mass is 10.2. The Morgan fingerprint density at radius 3 is 2.83 bits per heavy atom. The first kappa shape index (κ1) is 15.4. The number of carbonyl (C=O) groups is 2.